The zero-order valence-corrected chi connectivity index (χ0v) is 14.6. The van der Waals surface area contributed by atoms with E-state index in [0.29, 0.717) is 26.5 Å². The number of carboxylic acid groups (broad SMARTS) is 1. The molecule has 0 amide bonds. The SMILES string of the molecule is O=C(O)c1nc(Br)c2c(c(Br)cn2Cc2ccc(F)cc2)c1O. The van der Waals surface area contributed by atoms with Gasteiger partial charge >= 0.3 is 5.97 Å². The number of aromatic nitrogens is 2. The van der Waals surface area contributed by atoms with Gasteiger partial charge in [-0.25, -0.2) is 14.2 Å². The molecule has 0 radical (unpaired) electrons. The molecule has 0 atom stereocenters. The smallest absolute Gasteiger partial charge is 0.358 e. The second-order valence-electron chi connectivity index (χ2n) is 4.86. The average Bonchev–Trinajstić information content (AvgIpc) is 2.82. The second kappa shape index (κ2) is 5.93. The maximum absolute atomic E-state index is 13.0. The van der Waals surface area contributed by atoms with Crippen LogP contribution in [0.4, 0.5) is 4.39 Å². The van der Waals surface area contributed by atoms with Crippen molar-refractivity contribution >= 4 is 48.7 Å². The number of pyridine rings is 1. The minimum atomic E-state index is -1.32. The van der Waals surface area contributed by atoms with Crippen molar-refractivity contribution in [2.45, 2.75) is 6.54 Å². The first kappa shape index (κ1) is 15.9. The van der Waals surface area contributed by atoms with E-state index >= 15 is 0 Å². The van der Waals surface area contributed by atoms with E-state index in [1.807, 2.05) is 0 Å². The van der Waals surface area contributed by atoms with E-state index in [4.69, 9.17) is 5.11 Å². The highest BCUT2D eigenvalue weighted by molar-refractivity contribution is 9.11. The quantitative estimate of drug-likeness (QED) is 0.596. The number of benzene rings is 1. The Kier molecular flexibility index (Phi) is 4.11. The molecule has 0 fully saturated rings. The summed E-state index contributed by atoms with van der Waals surface area (Å²) in [5, 5.41) is 19.6. The van der Waals surface area contributed by atoms with Crippen molar-refractivity contribution in [1.29, 1.82) is 0 Å². The lowest BCUT2D eigenvalue weighted by Gasteiger charge is -2.08. The van der Waals surface area contributed by atoms with Gasteiger partial charge in [0, 0.05) is 17.2 Å². The molecule has 0 bridgehead atoms. The summed E-state index contributed by atoms with van der Waals surface area (Å²) < 4.78 is 15.6. The first-order chi connectivity index (χ1) is 10.9. The Bertz CT molecular complexity index is 923. The Morgan fingerprint density at radius 1 is 1.26 bits per heavy atom. The minimum absolute atomic E-state index is 0.301. The van der Waals surface area contributed by atoms with E-state index in [1.165, 1.54) is 12.1 Å². The summed E-state index contributed by atoms with van der Waals surface area (Å²) in [7, 11) is 0. The molecule has 23 heavy (non-hydrogen) atoms. The number of hydrogen-bond acceptors (Lipinski definition) is 3. The van der Waals surface area contributed by atoms with Crippen molar-refractivity contribution in [3.8, 4) is 5.75 Å². The van der Waals surface area contributed by atoms with Crippen molar-refractivity contribution in [2.24, 2.45) is 0 Å². The third kappa shape index (κ3) is 2.84. The first-order valence-corrected chi connectivity index (χ1v) is 8.01. The molecule has 5 nitrogen and oxygen atoms in total. The molecule has 2 N–H and O–H groups in total. The molecule has 2 heterocycles. The predicted molar refractivity (Wildman–Crippen MR) is 89.3 cm³/mol. The van der Waals surface area contributed by atoms with Gasteiger partial charge in [-0.3, -0.25) is 0 Å². The first-order valence-electron chi connectivity index (χ1n) is 6.43. The van der Waals surface area contributed by atoms with Crippen LogP contribution in [0.15, 0.2) is 39.5 Å². The van der Waals surface area contributed by atoms with E-state index < -0.39 is 17.4 Å². The third-order valence-electron chi connectivity index (χ3n) is 3.37. The molecule has 0 saturated carbocycles. The van der Waals surface area contributed by atoms with Crippen molar-refractivity contribution < 1.29 is 19.4 Å². The molecule has 3 rings (SSSR count). The zero-order valence-electron chi connectivity index (χ0n) is 11.4. The maximum Gasteiger partial charge on any atom is 0.358 e. The summed E-state index contributed by atoms with van der Waals surface area (Å²) in [6.07, 6.45) is 1.71. The normalized spacial score (nSPS) is 11.1. The number of nitrogens with zero attached hydrogens (tertiary/aromatic N) is 2. The summed E-state index contributed by atoms with van der Waals surface area (Å²) in [6.45, 7) is 0.411. The standard InChI is InChI=1S/C15H9Br2FN2O3/c16-9-6-20(5-7-1-3-8(18)4-2-7)12-10(9)13(21)11(15(22)23)19-14(12)17/h1-4,6,21H,5H2,(H,22,23). The predicted octanol–water partition coefficient (Wildman–Crippen LogP) is 4.15. The minimum Gasteiger partial charge on any atom is -0.505 e. The lowest BCUT2D eigenvalue weighted by atomic mass is 10.2. The summed E-state index contributed by atoms with van der Waals surface area (Å²) in [4.78, 5) is 15.1. The molecule has 0 aliphatic carbocycles. The number of carbonyl (C=O) groups is 1. The Morgan fingerprint density at radius 3 is 2.52 bits per heavy atom. The van der Waals surface area contributed by atoms with Crippen LogP contribution in [-0.2, 0) is 6.54 Å². The molecule has 1 aromatic carbocycles. The lowest BCUT2D eigenvalue weighted by Crippen LogP contribution is -2.04. The third-order valence-corrected chi connectivity index (χ3v) is 4.52. The number of hydrogen-bond donors (Lipinski definition) is 2. The van der Waals surface area contributed by atoms with Crippen LogP contribution >= 0.6 is 31.9 Å². The van der Waals surface area contributed by atoms with E-state index in [2.05, 4.69) is 36.8 Å². The van der Waals surface area contributed by atoms with Crippen molar-refractivity contribution in [2.75, 3.05) is 0 Å². The van der Waals surface area contributed by atoms with E-state index in [1.54, 1.807) is 22.9 Å². The van der Waals surface area contributed by atoms with Gasteiger partial charge in [0.1, 0.15) is 10.4 Å². The molecule has 0 saturated heterocycles. The number of fused-ring (bicyclic) bond motifs is 1. The van der Waals surface area contributed by atoms with Crippen LogP contribution in [-0.4, -0.2) is 25.7 Å². The van der Waals surface area contributed by atoms with Gasteiger partial charge in [0.25, 0.3) is 0 Å². The summed E-state index contributed by atoms with van der Waals surface area (Å²) in [5.41, 5.74) is 0.970. The lowest BCUT2D eigenvalue weighted by molar-refractivity contribution is 0.0687. The summed E-state index contributed by atoms with van der Waals surface area (Å²) >= 11 is 6.58. The van der Waals surface area contributed by atoms with E-state index in [0.717, 1.165) is 5.56 Å². The zero-order chi connectivity index (χ0) is 16.7. The molecule has 0 aliphatic rings. The number of rotatable bonds is 3. The Hall–Kier alpha value is -1.93. The molecule has 8 heteroatoms. The summed E-state index contributed by atoms with van der Waals surface area (Å²) in [6, 6.07) is 6.04. The highest BCUT2D eigenvalue weighted by Gasteiger charge is 2.22. The second-order valence-corrected chi connectivity index (χ2v) is 6.47. The highest BCUT2D eigenvalue weighted by atomic mass is 79.9. The van der Waals surface area contributed by atoms with Crippen LogP contribution in [0.2, 0.25) is 0 Å². The molecule has 118 valence electrons. The number of aromatic carboxylic acids is 1. The molecule has 0 unspecified atom stereocenters. The highest BCUT2D eigenvalue weighted by Crippen LogP contribution is 2.38. The number of carboxylic acids is 1. The van der Waals surface area contributed by atoms with E-state index in [-0.39, 0.29) is 5.82 Å². The van der Waals surface area contributed by atoms with Crippen LogP contribution in [0, 0.1) is 5.82 Å². The van der Waals surface area contributed by atoms with Gasteiger partial charge in [0.15, 0.2) is 11.4 Å². The van der Waals surface area contributed by atoms with Crippen molar-refractivity contribution in [1.82, 2.24) is 9.55 Å². The maximum atomic E-state index is 13.0. The van der Waals surface area contributed by atoms with Crippen LogP contribution < -0.4 is 0 Å². The van der Waals surface area contributed by atoms with E-state index in [9.17, 15) is 14.3 Å². The average molecular weight is 444 g/mol. The van der Waals surface area contributed by atoms with Gasteiger partial charge < -0.3 is 14.8 Å². The topological polar surface area (TPSA) is 75.3 Å². The summed E-state index contributed by atoms with van der Waals surface area (Å²) in [5.74, 6) is -2.04. The van der Waals surface area contributed by atoms with Crippen LogP contribution in [0.3, 0.4) is 0 Å². The van der Waals surface area contributed by atoms with Crippen LogP contribution in [0.1, 0.15) is 16.1 Å². The molecular weight excluding hydrogens is 435 g/mol. The van der Waals surface area contributed by atoms with Gasteiger partial charge in [-0.1, -0.05) is 12.1 Å². The molecule has 0 spiro atoms. The fraction of sp³-hybridized carbons (Fsp3) is 0.0667. The van der Waals surface area contributed by atoms with Crippen LogP contribution in [0.25, 0.3) is 10.9 Å². The fourth-order valence-corrected chi connectivity index (χ4v) is 3.58. The van der Waals surface area contributed by atoms with Gasteiger partial charge in [-0.2, -0.15) is 0 Å². The Balaban J connectivity index is 2.18. The van der Waals surface area contributed by atoms with Gasteiger partial charge in [-0.05, 0) is 49.6 Å². The molecular formula is C15H9Br2FN2O3. The van der Waals surface area contributed by atoms with Gasteiger partial charge in [0.05, 0.1) is 10.9 Å². The Morgan fingerprint density at radius 2 is 1.91 bits per heavy atom. The monoisotopic (exact) mass is 442 g/mol. The number of aromatic hydroxyl groups is 1. The number of halogens is 3. The van der Waals surface area contributed by atoms with Crippen molar-refractivity contribution in [3.63, 3.8) is 0 Å². The fourth-order valence-electron chi connectivity index (χ4n) is 2.35. The molecule has 3 aromatic rings. The van der Waals surface area contributed by atoms with Crippen LogP contribution in [0.5, 0.6) is 5.75 Å². The molecule has 2 aromatic heterocycles. The van der Waals surface area contributed by atoms with Crippen molar-refractivity contribution in [3.05, 3.63) is 56.6 Å². The largest absolute Gasteiger partial charge is 0.505 e. The van der Waals surface area contributed by atoms with Gasteiger partial charge in [0.2, 0.25) is 0 Å². The molecule has 0 aliphatic heterocycles. The van der Waals surface area contributed by atoms with Gasteiger partial charge in [-0.15, -0.1) is 0 Å². The Labute approximate surface area is 146 Å².